The lowest BCUT2D eigenvalue weighted by atomic mass is 10.3. The average Bonchev–Trinajstić information content (AvgIpc) is 2.63. The predicted molar refractivity (Wildman–Crippen MR) is 58.9 cm³/mol. The monoisotopic (exact) mass is 203 g/mol. The normalized spacial score (nSPS) is 10.5. The van der Waals surface area contributed by atoms with Crippen molar-refractivity contribution in [1.82, 2.24) is 15.0 Å². The van der Waals surface area contributed by atoms with Crippen molar-refractivity contribution in [3.8, 4) is 5.75 Å². The van der Waals surface area contributed by atoms with Crippen molar-refractivity contribution in [2.75, 3.05) is 6.61 Å². The largest absolute Gasteiger partial charge is 0.494 e. The molecular weight excluding hydrogens is 190 g/mol. The number of nitrogens with zero attached hydrogens (tertiary/aromatic N) is 3. The minimum atomic E-state index is 0.659. The van der Waals surface area contributed by atoms with Crippen molar-refractivity contribution in [3.05, 3.63) is 30.9 Å². The van der Waals surface area contributed by atoms with Crippen molar-refractivity contribution in [1.29, 1.82) is 0 Å². The number of fused-ring (bicyclic) bond motifs is 1. The lowest BCUT2D eigenvalue weighted by molar-refractivity contribution is 0.340. The zero-order valence-electron chi connectivity index (χ0n) is 8.68. The van der Waals surface area contributed by atoms with Crippen LogP contribution in [0.15, 0.2) is 30.9 Å². The summed E-state index contributed by atoms with van der Waals surface area (Å²) in [6.45, 7) is 6.96. The molecule has 0 bridgehead atoms. The first-order valence-corrected chi connectivity index (χ1v) is 4.92. The van der Waals surface area contributed by atoms with Crippen LogP contribution in [-0.4, -0.2) is 21.6 Å². The zero-order chi connectivity index (χ0) is 10.7. The summed E-state index contributed by atoms with van der Waals surface area (Å²) < 4.78 is 7.22. The third kappa shape index (κ3) is 1.83. The number of allylic oxidation sites excluding steroid dienone is 1. The molecule has 1 aromatic heterocycles. The van der Waals surface area contributed by atoms with E-state index in [4.69, 9.17) is 4.74 Å². The molecule has 2 aromatic rings. The SMILES string of the molecule is C=CCn1nnc2ccc(OCC)cc21. The van der Waals surface area contributed by atoms with Gasteiger partial charge in [0.2, 0.25) is 0 Å². The Morgan fingerprint density at radius 3 is 3.13 bits per heavy atom. The van der Waals surface area contributed by atoms with Gasteiger partial charge in [-0.15, -0.1) is 11.7 Å². The number of benzene rings is 1. The Morgan fingerprint density at radius 2 is 2.40 bits per heavy atom. The highest BCUT2D eigenvalue weighted by Crippen LogP contribution is 2.18. The maximum atomic E-state index is 5.42. The summed E-state index contributed by atoms with van der Waals surface area (Å²) in [6, 6.07) is 5.76. The molecule has 0 aliphatic rings. The van der Waals surface area contributed by atoms with Crippen LogP contribution in [0.4, 0.5) is 0 Å². The standard InChI is InChI=1S/C11H13N3O/c1-3-7-14-11-8-9(15-4-2)5-6-10(11)12-13-14/h3,5-6,8H,1,4,7H2,2H3. The van der Waals surface area contributed by atoms with Crippen LogP contribution in [0, 0.1) is 0 Å². The molecule has 1 aromatic carbocycles. The van der Waals surface area contributed by atoms with Crippen LogP contribution in [0.1, 0.15) is 6.92 Å². The Labute approximate surface area is 88.2 Å². The molecule has 0 aliphatic heterocycles. The van der Waals surface area contributed by atoms with E-state index in [9.17, 15) is 0 Å². The number of hydrogen-bond acceptors (Lipinski definition) is 3. The fourth-order valence-corrected chi connectivity index (χ4v) is 1.46. The summed E-state index contributed by atoms with van der Waals surface area (Å²) in [4.78, 5) is 0. The van der Waals surface area contributed by atoms with Crippen LogP contribution in [-0.2, 0) is 6.54 Å². The molecule has 0 N–H and O–H groups in total. The number of hydrogen-bond donors (Lipinski definition) is 0. The molecule has 4 heteroatoms. The van der Waals surface area contributed by atoms with Gasteiger partial charge in [-0.25, -0.2) is 4.68 Å². The van der Waals surface area contributed by atoms with Gasteiger partial charge in [-0.2, -0.15) is 0 Å². The quantitative estimate of drug-likeness (QED) is 0.714. The van der Waals surface area contributed by atoms with Crippen molar-refractivity contribution < 1.29 is 4.74 Å². The van der Waals surface area contributed by atoms with Crippen molar-refractivity contribution in [2.45, 2.75) is 13.5 Å². The van der Waals surface area contributed by atoms with Crippen LogP contribution >= 0.6 is 0 Å². The van der Waals surface area contributed by atoms with Gasteiger partial charge in [-0.1, -0.05) is 11.3 Å². The lowest BCUT2D eigenvalue weighted by Crippen LogP contribution is -1.97. The Balaban J connectivity index is 2.46. The van der Waals surface area contributed by atoms with Gasteiger partial charge in [-0.3, -0.25) is 0 Å². The fraction of sp³-hybridized carbons (Fsp3) is 0.273. The van der Waals surface area contributed by atoms with Crippen molar-refractivity contribution in [2.24, 2.45) is 0 Å². The minimum Gasteiger partial charge on any atom is -0.494 e. The molecule has 0 radical (unpaired) electrons. The first-order chi connectivity index (χ1) is 7.35. The Morgan fingerprint density at radius 1 is 1.53 bits per heavy atom. The number of ether oxygens (including phenoxy) is 1. The van der Waals surface area contributed by atoms with E-state index in [-0.39, 0.29) is 0 Å². The molecular formula is C11H13N3O. The summed E-state index contributed by atoms with van der Waals surface area (Å²) in [7, 11) is 0. The molecule has 4 nitrogen and oxygen atoms in total. The van der Waals surface area contributed by atoms with Gasteiger partial charge in [0.1, 0.15) is 11.3 Å². The van der Waals surface area contributed by atoms with E-state index in [1.165, 1.54) is 0 Å². The minimum absolute atomic E-state index is 0.659. The van der Waals surface area contributed by atoms with E-state index in [1.807, 2.05) is 25.1 Å². The van der Waals surface area contributed by atoms with E-state index >= 15 is 0 Å². The number of rotatable bonds is 4. The highest BCUT2D eigenvalue weighted by Gasteiger charge is 2.04. The average molecular weight is 203 g/mol. The summed E-state index contributed by atoms with van der Waals surface area (Å²) in [5.41, 5.74) is 1.85. The summed E-state index contributed by atoms with van der Waals surface area (Å²) in [5, 5.41) is 8.07. The van der Waals surface area contributed by atoms with E-state index in [1.54, 1.807) is 10.8 Å². The number of aromatic nitrogens is 3. The summed E-state index contributed by atoms with van der Waals surface area (Å²) in [5.74, 6) is 0.845. The van der Waals surface area contributed by atoms with Gasteiger partial charge >= 0.3 is 0 Å². The molecule has 15 heavy (non-hydrogen) atoms. The topological polar surface area (TPSA) is 39.9 Å². The molecule has 78 valence electrons. The molecule has 0 unspecified atom stereocenters. The van der Waals surface area contributed by atoms with Crippen LogP contribution in [0.2, 0.25) is 0 Å². The Hall–Kier alpha value is -1.84. The summed E-state index contributed by atoms with van der Waals surface area (Å²) in [6.07, 6.45) is 1.79. The van der Waals surface area contributed by atoms with Crippen molar-refractivity contribution >= 4 is 11.0 Å². The predicted octanol–water partition coefficient (Wildman–Crippen LogP) is 2.02. The lowest BCUT2D eigenvalue weighted by Gasteiger charge is -2.02. The maximum absolute atomic E-state index is 5.42. The second-order valence-corrected chi connectivity index (χ2v) is 3.14. The van der Waals surface area contributed by atoms with Gasteiger partial charge in [-0.05, 0) is 19.1 Å². The van der Waals surface area contributed by atoms with E-state index < -0.39 is 0 Å². The highest BCUT2D eigenvalue weighted by molar-refractivity contribution is 5.76. The van der Waals surface area contributed by atoms with E-state index in [0.717, 1.165) is 16.8 Å². The van der Waals surface area contributed by atoms with Crippen LogP contribution in [0.3, 0.4) is 0 Å². The van der Waals surface area contributed by atoms with Gasteiger partial charge in [0.05, 0.1) is 18.7 Å². The highest BCUT2D eigenvalue weighted by atomic mass is 16.5. The van der Waals surface area contributed by atoms with Crippen LogP contribution in [0.5, 0.6) is 5.75 Å². The molecule has 0 amide bonds. The molecule has 0 atom stereocenters. The molecule has 0 saturated heterocycles. The molecule has 2 rings (SSSR count). The van der Waals surface area contributed by atoms with Crippen LogP contribution in [0.25, 0.3) is 11.0 Å². The fourth-order valence-electron chi connectivity index (χ4n) is 1.46. The van der Waals surface area contributed by atoms with Gasteiger partial charge in [0, 0.05) is 6.07 Å². The first-order valence-electron chi connectivity index (χ1n) is 4.92. The van der Waals surface area contributed by atoms with E-state index in [0.29, 0.717) is 13.2 Å². The van der Waals surface area contributed by atoms with Gasteiger partial charge in [0.15, 0.2) is 0 Å². The Kier molecular flexibility index (Phi) is 2.67. The molecule has 0 spiro atoms. The third-order valence-electron chi connectivity index (χ3n) is 2.10. The molecule has 0 fully saturated rings. The summed E-state index contributed by atoms with van der Waals surface area (Å²) >= 11 is 0. The smallest absolute Gasteiger partial charge is 0.121 e. The zero-order valence-corrected chi connectivity index (χ0v) is 8.68. The third-order valence-corrected chi connectivity index (χ3v) is 2.10. The van der Waals surface area contributed by atoms with Crippen LogP contribution < -0.4 is 4.74 Å². The second kappa shape index (κ2) is 4.13. The maximum Gasteiger partial charge on any atom is 0.121 e. The van der Waals surface area contributed by atoms with E-state index in [2.05, 4.69) is 16.9 Å². The Bertz CT molecular complexity index is 476. The molecule has 0 saturated carbocycles. The molecule has 0 aliphatic carbocycles. The van der Waals surface area contributed by atoms with Gasteiger partial charge < -0.3 is 4.74 Å². The molecule has 1 heterocycles. The van der Waals surface area contributed by atoms with Crippen molar-refractivity contribution in [3.63, 3.8) is 0 Å². The second-order valence-electron chi connectivity index (χ2n) is 3.14. The first kappa shape index (κ1) is 9.71. The van der Waals surface area contributed by atoms with Gasteiger partial charge in [0.25, 0.3) is 0 Å².